The van der Waals surface area contributed by atoms with Crippen LogP contribution in [0.5, 0.6) is 11.5 Å². The first-order chi connectivity index (χ1) is 9.58. The topological polar surface area (TPSA) is 64.8 Å². The Morgan fingerprint density at radius 3 is 2.30 bits per heavy atom. The third-order valence-corrected chi connectivity index (χ3v) is 2.79. The van der Waals surface area contributed by atoms with E-state index in [0.29, 0.717) is 30.2 Å². The zero-order valence-electron chi connectivity index (χ0n) is 11.9. The van der Waals surface area contributed by atoms with Crippen LogP contribution in [0, 0.1) is 0 Å². The summed E-state index contributed by atoms with van der Waals surface area (Å²) in [6, 6.07) is 3.23. The highest BCUT2D eigenvalue weighted by Crippen LogP contribution is 2.31. The minimum atomic E-state index is -0.223. The highest BCUT2D eigenvalue weighted by Gasteiger charge is 2.20. The smallest absolute Gasteiger partial charge is 0.256 e. The molecule has 0 aliphatic rings. The van der Waals surface area contributed by atoms with Gasteiger partial charge in [0.2, 0.25) is 0 Å². The minimum Gasteiger partial charge on any atom is -0.497 e. The van der Waals surface area contributed by atoms with Crippen molar-refractivity contribution in [2.45, 2.75) is 0 Å². The second-order valence-electron chi connectivity index (χ2n) is 4.08. The Balaban J connectivity index is 3.24. The molecule has 1 rings (SSSR count). The fourth-order valence-electron chi connectivity index (χ4n) is 1.79. The number of hydrogen-bond donors (Lipinski definition) is 1. The molecule has 0 saturated carbocycles. The summed E-state index contributed by atoms with van der Waals surface area (Å²) < 4.78 is 10.3. The average Bonchev–Trinajstić information content (AvgIpc) is 2.46. The van der Waals surface area contributed by atoms with Gasteiger partial charge in [0, 0.05) is 19.2 Å². The number of methoxy groups -OCH3 is 2. The summed E-state index contributed by atoms with van der Waals surface area (Å²) in [5.41, 5.74) is 6.59. The summed E-state index contributed by atoms with van der Waals surface area (Å²) in [5, 5.41) is 0. The lowest BCUT2D eigenvalue weighted by molar-refractivity contribution is 0.0791. The van der Waals surface area contributed by atoms with Crippen LogP contribution in [0.3, 0.4) is 0 Å². The predicted molar refractivity (Wildman–Crippen MR) is 80.3 cm³/mol. The van der Waals surface area contributed by atoms with Crippen molar-refractivity contribution in [3.63, 3.8) is 0 Å². The third-order valence-electron chi connectivity index (χ3n) is 2.79. The molecule has 0 aromatic heterocycles. The lowest BCUT2D eigenvalue weighted by atomic mass is 10.1. The number of ether oxygens (including phenoxy) is 2. The number of nitrogens with zero attached hydrogens (tertiary/aromatic N) is 1. The van der Waals surface area contributed by atoms with Gasteiger partial charge in [-0.1, -0.05) is 12.2 Å². The van der Waals surface area contributed by atoms with Gasteiger partial charge >= 0.3 is 0 Å². The van der Waals surface area contributed by atoms with Gasteiger partial charge in [-0.05, 0) is 6.07 Å². The van der Waals surface area contributed by atoms with E-state index in [2.05, 4.69) is 13.2 Å². The lowest BCUT2D eigenvalue weighted by Gasteiger charge is -2.21. The summed E-state index contributed by atoms with van der Waals surface area (Å²) >= 11 is 0. The van der Waals surface area contributed by atoms with Gasteiger partial charge in [-0.3, -0.25) is 4.79 Å². The molecule has 1 aromatic rings. The molecule has 0 saturated heterocycles. The molecule has 5 heteroatoms. The minimum absolute atomic E-state index is 0.223. The number of amides is 1. The number of carbonyl (C=O) groups is 1. The van der Waals surface area contributed by atoms with Gasteiger partial charge in [-0.2, -0.15) is 0 Å². The first-order valence-electron chi connectivity index (χ1n) is 6.11. The third kappa shape index (κ3) is 3.32. The second kappa shape index (κ2) is 7.23. The molecule has 0 aliphatic heterocycles. The maximum absolute atomic E-state index is 12.5. The zero-order chi connectivity index (χ0) is 15.1. The molecular weight excluding hydrogens is 256 g/mol. The molecule has 2 N–H and O–H groups in total. The van der Waals surface area contributed by atoms with Gasteiger partial charge in [0.05, 0.1) is 25.5 Å². The summed E-state index contributed by atoms with van der Waals surface area (Å²) in [4.78, 5) is 14.1. The van der Waals surface area contributed by atoms with Crippen LogP contribution < -0.4 is 15.2 Å². The maximum Gasteiger partial charge on any atom is 0.256 e. The van der Waals surface area contributed by atoms with E-state index in [4.69, 9.17) is 15.2 Å². The van der Waals surface area contributed by atoms with E-state index >= 15 is 0 Å². The Morgan fingerprint density at radius 2 is 1.85 bits per heavy atom. The summed E-state index contributed by atoms with van der Waals surface area (Å²) in [6.07, 6.45) is 3.30. The van der Waals surface area contributed by atoms with Crippen LogP contribution in [-0.2, 0) is 0 Å². The Hall–Kier alpha value is -2.43. The molecular formula is C15H20N2O3. The van der Waals surface area contributed by atoms with Crippen LogP contribution in [0.15, 0.2) is 37.4 Å². The van der Waals surface area contributed by atoms with Gasteiger partial charge in [0.1, 0.15) is 11.5 Å². The van der Waals surface area contributed by atoms with Gasteiger partial charge in [-0.15, -0.1) is 13.2 Å². The Labute approximate surface area is 119 Å². The van der Waals surface area contributed by atoms with Crippen molar-refractivity contribution in [1.29, 1.82) is 0 Å². The summed E-state index contributed by atoms with van der Waals surface area (Å²) in [5.74, 6) is 0.695. The van der Waals surface area contributed by atoms with Crippen molar-refractivity contribution < 1.29 is 14.3 Å². The van der Waals surface area contributed by atoms with E-state index in [1.165, 1.54) is 14.2 Å². The largest absolute Gasteiger partial charge is 0.497 e. The van der Waals surface area contributed by atoms with Crippen molar-refractivity contribution in [3.05, 3.63) is 43.0 Å². The average molecular weight is 276 g/mol. The number of nitrogens with two attached hydrogens (primary N) is 1. The van der Waals surface area contributed by atoms with Crippen LogP contribution in [-0.4, -0.2) is 38.1 Å². The normalized spacial score (nSPS) is 9.70. The van der Waals surface area contributed by atoms with E-state index in [-0.39, 0.29) is 11.6 Å². The van der Waals surface area contributed by atoms with Crippen LogP contribution in [0.1, 0.15) is 10.4 Å². The first-order valence-corrected chi connectivity index (χ1v) is 6.11. The molecule has 1 amide bonds. The van der Waals surface area contributed by atoms with Gasteiger partial charge in [0.25, 0.3) is 5.91 Å². The molecule has 0 heterocycles. The quantitative estimate of drug-likeness (QED) is 0.612. The molecule has 1 aromatic carbocycles. The van der Waals surface area contributed by atoms with E-state index in [9.17, 15) is 4.79 Å². The van der Waals surface area contributed by atoms with Crippen LogP contribution in [0.25, 0.3) is 0 Å². The fraction of sp³-hybridized carbons (Fsp3) is 0.267. The molecule has 5 nitrogen and oxygen atoms in total. The van der Waals surface area contributed by atoms with Crippen LogP contribution >= 0.6 is 0 Å². The Morgan fingerprint density at radius 1 is 1.25 bits per heavy atom. The summed E-state index contributed by atoms with van der Waals surface area (Å²) in [7, 11) is 3.01. The van der Waals surface area contributed by atoms with Crippen molar-refractivity contribution in [1.82, 2.24) is 4.90 Å². The van der Waals surface area contributed by atoms with E-state index in [1.54, 1.807) is 29.2 Å². The fourth-order valence-corrected chi connectivity index (χ4v) is 1.79. The molecule has 0 unspecified atom stereocenters. The van der Waals surface area contributed by atoms with Crippen molar-refractivity contribution >= 4 is 11.6 Å². The molecule has 0 radical (unpaired) electrons. The standard InChI is InChI=1S/C15H20N2O3/c1-5-7-17(8-6-2)15(18)12-9-11(19-3)10-13(20-4)14(12)16/h5-6,9-10H,1-2,7-8,16H2,3-4H3. The van der Waals surface area contributed by atoms with Gasteiger partial charge in [0.15, 0.2) is 0 Å². The van der Waals surface area contributed by atoms with Crippen molar-refractivity contribution in [2.75, 3.05) is 33.0 Å². The molecule has 0 bridgehead atoms. The highest BCUT2D eigenvalue weighted by molar-refractivity contribution is 6.01. The zero-order valence-corrected chi connectivity index (χ0v) is 11.9. The number of nitrogen functional groups attached to an aromatic ring is 1. The SMILES string of the molecule is C=CCN(CC=C)C(=O)c1cc(OC)cc(OC)c1N. The monoisotopic (exact) mass is 276 g/mol. The van der Waals surface area contributed by atoms with E-state index < -0.39 is 0 Å². The molecule has 0 fully saturated rings. The highest BCUT2D eigenvalue weighted by atomic mass is 16.5. The molecule has 0 aliphatic carbocycles. The number of benzene rings is 1. The summed E-state index contributed by atoms with van der Waals surface area (Å²) in [6.45, 7) is 8.09. The molecule has 108 valence electrons. The Bertz CT molecular complexity index is 502. The van der Waals surface area contributed by atoms with Gasteiger partial charge in [-0.25, -0.2) is 0 Å². The van der Waals surface area contributed by atoms with Crippen LogP contribution in [0.4, 0.5) is 5.69 Å². The van der Waals surface area contributed by atoms with E-state index in [1.807, 2.05) is 0 Å². The maximum atomic E-state index is 12.5. The lowest BCUT2D eigenvalue weighted by Crippen LogP contribution is -2.32. The number of anilines is 1. The first kappa shape index (κ1) is 15.6. The Kier molecular flexibility index (Phi) is 5.65. The van der Waals surface area contributed by atoms with E-state index in [0.717, 1.165) is 0 Å². The van der Waals surface area contributed by atoms with Gasteiger partial charge < -0.3 is 20.1 Å². The molecule has 0 atom stereocenters. The van der Waals surface area contributed by atoms with Crippen molar-refractivity contribution in [3.8, 4) is 11.5 Å². The number of hydrogen-bond acceptors (Lipinski definition) is 4. The number of rotatable bonds is 7. The van der Waals surface area contributed by atoms with Crippen molar-refractivity contribution in [2.24, 2.45) is 0 Å². The second-order valence-corrected chi connectivity index (χ2v) is 4.08. The van der Waals surface area contributed by atoms with Crippen LogP contribution in [0.2, 0.25) is 0 Å². The molecule has 0 spiro atoms. The number of carbonyl (C=O) groups excluding carboxylic acids is 1. The predicted octanol–water partition coefficient (Wildman–Crippen LogP) is 2.10. The molecule has 20 heavy (non-hydrogen) atoms.